The normalized spacial score (nSPS) is 12.6. The Morgan fingerprint density at radius 2 is 2.00 bits per heavy atom. The zero-order chi connectivity index (χ0) is 11.6. The number of benzene rings is 1. The van der Waals surface area contributed by atoms with Gasteiger partial charge in [0.05, 0.1) is 13.2 Å². The number of ether oxygens (including phenoxy) is 1. The van der Waals surface area contributed by atoms with E-state index < -0.39 is 6.10 Å². The van der Waals surface area contributed by atoms with Gasteiger partial charge in [0.15, 0.2) is 11.5 Å². The molecule has 1 aromatic rings. The fourth-order valence-corrected chi connectivity index (χ4v) is 1.64. The van der Waals surface area contributed by atoms with E-state index in [4.69, 9.17) is 4.74 Å². The number of rotatable bonds is 3. The number of phenols is 1. The summed E-state index contributed by atoms with van der Waals surface area (Å²) in [5.74, 6) is 0.607. The molecular weight excluding hydrogens is 192 g/mol. The number of methoxy groups -OCH3 is 1. The fraction of sp³-hybridized carbons (Fsp3) is 0.500. The first-order valence-corrected chi connectivity index (χ1v) is 5.01. The maximum absolute atomic E-state index is 9.91. The molecule has 1 aromatic carbocycles. The Bertz CT molecular complexity index is 356. The van der Waals surface area contributed by atoms with E-state index in [1.807, 2.05) is 13.8 Å². The van der Waals surface area contributed by atoms with Crippen molar-refractivity contribution in [1.82, 2.24) is 0 Å². The molecule has 0 amide bonds. The third-order valence-corrected chi connectivity index (χ3v) is 2.63. The van der Waals surface area contributed by atoms with Gasteiger partial charge in [-0.2, -0.15) is 0 Å². The minimum Gasteiger partial charge on any atom is -0.504 e. The predicted octanol–water partition coefficient (Wildman–Crippen LogP) is 1.94. The van der Waals surface area contributed by atoms with Gasteiger partial charge in [-0.05, 0) is 38.0 Å². The second-order valence-corrected chi connectivity index (χ2v) is 3.90. The van der Waals surface area contributed by atoms with Crippen LogP contribution in [0.3, 0.4) is 0 Å². The van der Waals surface area contributed by atoms with Crippen LogP contribution in [-0.4, -0.2) is 23.4 Å². The number of aliphatic hydroxyl groups excluding tert-OH is 1. The lowest BCUT2D eigenvalue weighted by atomic mass is 9.97. The van der Waals surface area contributed by atoms with Crippen molar-refractivity contribution in [3.63, 3.8) is 0 Å². The van der Waals surface area contributed by atoms with Gasteiger partial charge < -0.3 is 14.9 Å². The smallest absolute Gasteiger partial charge is 0.161 e. The third-order valence-electron chi connectivity index (χ3n) is 2.63. The minimum absolute atomic E-state index is 0.140. The van der Waals surface area contributed by atoms with Crippen LogP contribution in [0.2, 0.25) is 0 Å². The molecule has 3 nitrogen and oxygen atoms in total. The summed E-state index contributed by atoms with van der Waals surface area (Å²) in [6, 6.07) is 1.80. The van der Waals surface area contributed by atoms with Crippen molar-refractivity contribution in [2.24, 2.45) is 0 Å². The lowest BCUT2D eigenvalue weighted by Gasteiger charge is -2.15. The third kappa shape index (κ3) is 2.42. The van der Waals surface area contributed by atoms with Gasteiger partial charge in [-0.15, -0.1) is 0 Å². The maximum atomic E-state index is 9.91. The summed E-state index contributed by atoms with van der Waals surface area (Å²) < 4.78 is 5.07. The Morgan fingerprint density at radius 1 is 1.40 bits per heavy atom. The zero-order valence-corrected chi connectivity index (χ0v) is 9.66. The molecule has 0 fully saturated rings. The molecule has 84 valence electrons. The molecule has 0 aromatic heterocycles. The highest BCUT2D eigenvalue weighted by atomic mass is 16.5. The molecule has 1 rings (SSSR count). The Kier molecular flexibility index (Phi) is 3.58. The first-order chi connectivity index (χ1) is 6.97. The average Bonchev–Trinajstić information content (AvgIpc) is 2.18. The second kappa shape index (κ2) is 4.53. The molecule has 1 unspecified atom stereocenters. The average molecular weight is 210 g/mol. The van der Waals surface area contributed by atoms with Crippen molar-refractivity contribution in [1.29, 1.82) is 0 Å². The molecule has 2 N–H and O–H groups in total. The molecule has 0 radical (unpaired) electrons. The Balaban J connectivity index is 3.27. The van der Waals surface area contributed by atoms with Crippen LogP contribution in [0.15, 0.2) is 6.07 Å². The first-order valence-electron chi connectivity index (χ1n) is 5.01. The SMILES string of the molecule is COc1cc(C)c(C)c(CC(C)O)c1O. The Labute approximate surface area is 90.3 Å². The van der Waals surface area contributed by atoms with Crippen LogP contribution in [0.4, 0.5) is 0 Å². The summed E-state index contributed by atoms with van der Waals surface area (Å²) in [7, 11) is 1.52. The molecule has 0 aliphatic carbocycles. The van der Waals surface area contributed by atoms with Gasteiger partial charge in [-0.25, -0.2) is 0 Å². The summed E-state index contributed by atoms with van der Waals surface area (Å²) in [4.78, 5) is 0. The summed E-state index contributed by atoms with van der Waals surface area (Å²) >= 11 is 0. The van der Waals surface area contributed by atoms with Crippen LogP contribution < -0.4 is 4.74 Å². The highest BCUT2D eigenvalue weighted by Crippen LogP contribution is 2.35. The van der Waals surface area contributed by atoms with Gasteiger partial charge in [-0.1, -0.05) is 0 Å². The quantitative estimate of drug-likeness (QED) is 0.801. The molecule has 0 saturated heterocycles. The number of aromatic hydroxyl groups is 1. The number of hydrogen-bond donors (Lipinski definition) is 2. The van der Waals surface area contributed by atoms with Crippen LogP contribution in [0.25, 0.3) is 0 Å². The van der Waals surface area contributed by atoms with Crippen LogP contribution in [0.5, 0.6) is 11.5 Å². The lowest BCUT2D eigenvalue weighted by Crippen LogP contribution is -2.07. The predicted molar refractivity (Wildman–Crippen MR) is 59.5 cm³/mol. The summed E-state index contributed by atoms with van der Waals surface area (Å²) in [5, 5.41) is 19.3. The molecule has 1 atom stereocenters. The number of hydrogen-bond acceptors (Lipinski definition) is 3. The van der Waals surface area contributed by atoms with Crippen molar-refractivity contribution in [2.75, 3.05) is 7.11 Å². The van der Waals surface area contributed by atoms with E-state index >= 15 is 0 Å². The molecular formula is C12H18O3. The maximum Gasteiger partial charge on any atom is 0.161 e. The van der Waals surface area contributed by atoms with Gasteiger partial charge in [0.1, 0.15) is 0 Å². The van der Waals surface area contributed by atoms with E-state index in [9.17, 15) is 10.2 Å². The van der Waals surface area contributed by atoms with Crippen LogP contribution in [0, 0.1) is 13.8 Å². The van der Waals surface area contributed by atoms with Gasteiger partial charge in [-0.3, -0.25) is 0 Å². The Morgan fingerprint density at radius 3 is 2.47 bits per heavy atom. The standard InChI is InChI=1S/C12H18O3/c1-7-5-11(15-4)12(14)10(9(7)3)6-8(2)13/h5,8,13-14H,6H2,1-4H3. The minimum atomic E-state index is -0.471. The largest absolute Gasteiger partial charge is 0.504 e. The first kappa shape index (κ1) is 11.9. The van der Waals surface area contributed by atoms with Crippen molar-refractivity contribution in [3.8, 4) is 11.5 Å². The molecule has 0 bridgehead atoms. The van der Waals surface area contributed by atoms with Gasteiger partial charge in [0.2, 0.25) is 0 Å². The van der Waals surface area contributed by atoms with E-state index in [0.717, 1.165) is 16.7 Å². The van der Waals surface area contributed by atoms with Gasteiger partial charge >= 0.3 is 0 Å². The number of aryl methyl sites for hydroxylation is 1. The molecule has 0 heterocycles. The van der Waals surface area contributed by atoms with Crippen LogP contribution >= 0.6 is 0 Å². The van der Waals surface area contributed by atoms with E-state index in [2.05, 4.69) is 0 Å². The molecule has 0 saturated carbocycles. The molecule has 0 spiro atoms. The van der Waals surface area contributed by atoms with Gasteiger partial charge in [0.25, 0.3) is 0 Å². The van der Waals surface area contributed by atoms with Crippen molar-refractivity contribution in [2.45, 2.75) is 33.3 Å². The van der Waals surface area contributed by atoms with E-state index in [1.165, 1.54) is 7.11 Å². The molecule has 0 aliphatic rings. The van der Waals surface area contributed by atoms with Crippen molar-refractivity contribution >= 4 is 0 Å². The zero-order valence-electron chi connectivity index (χ0n) is 9.66. The van der Waals surface area contributed by atoms with Gasteiger partial charge in [0, 0.05) is 12.0 Å². The van der Waals surface area contributed by atoms with Crippen molar-refractivity contribution in [3.05, 3.63) is 22.8 Å². The van der Waals surface area contributed by atoms with Crippen LogP contribution in [-0.2, 0) is 6.42 Å². The summed E-state index contributed by atoms with van der Waals surface area (Å²) in [6.45, 7) is 5.60. The molecule has 3 heteroatoms. The monoisotopic (exact) mass is 210 g/mol. The highest BCUT2D eigenvalue weighted by Gasteiger charge is 2.14. The lowest BCUT2D eigenvalue weighted by molar-refractivity contribution is 0.193. The summed E-state index contributed by atoms with van der Waals surface area (Å²) in [6.07, 6.45) is -0.0310. The number of phenolic OH excluding ortho intramolecular Hbond substituents is 1. The van der Waals surface area contributed by atoms with E-state index in [1.54, 1.807) is 13.0 Å². The topological polar surface area (TPSA) is 49.7 Å². The van der Waals surface area contributed by atoms with E-state index in [-0.39, 0.29) is 5.75 Å². The Hall–Kier alpha value is -1.22. The second-order valence-electron chi connectivity index (χ2n) is 3.90. The number of aliphatic hydroxyl groups is 1. The fourth-order valence-electron chi connectivity index (χ4n) is 1.64. The molecule has 0 aliphatic heterocycles. The van der Waals surface area contributed by atoms with Crippen LogP contribution in [0.1, 0.15) is 23.6 Å². The summed E-state index contributed by atoms with van der Waals surface area (Å²) in [5.41, 5.74) is 2.83. The van der Waals surface area contributed by atoms with E-state index in [0.29, 0.717) is 12.2 Å². The highest BCUT2D eigenvalue weighted by molar-refractivity contribution is 5.53. The molecule has 15 heavy (non-hydrogen) atoms. The van der Waals surface area contributed by atoms with Crippen molar-refractivity contribution < 1.29 is 14.9 Å².